The van der Waals surface area contributed by atoms with Gasteiger partial charge in [-0.1, -0.05) is 139 Å². The van der Waals surface area contributed by atoms with Gasteiger partial charge in [0.1, 0.15) is 0 Å². The standard InChI is InChI=1S/C29H43BO/c1-3-5-7-9-11-15-21-29(22-16-12-10-8-6-4-2)27-18-14-13-17-25(27)26-20-19-24(30-31)23-28(26)29/h13-14,17-20,23,30-31H,3-12,15-16,21-22H2,1-2H3. The fourth-order valence-corrected chi connectivity index (χ4v) is 5.68. The van der Waals surface area contributed by atoms with Crippen LogP contribution in [0.25, 0.3) is 11.1 Å². The predicted octanol–water partition coefficient (Wildman–Crippen LogP) is 7.42. The van der Waals surface area contributed by atoms with Crippen molar-refractivity contribution in [1.82, 2.24) is 0 Å². The second-order valence-electron chi connectivity index (χ2n) is 9.70. The van der Waals surface area contributed by atoms with Gasteiger partial charge in [-0.25, -0.2) is 0 Å². The molecule has 2 aromatic carbocycles. The Morgan fingerprint density at radius 1 is 0.645 bits per heavy atom. The van der Waals surface area contributed by atoms with Crippen LogP contribution in [-0.4, -0.2) is 12.5 Å². The summed E-state index contributed by atoms with van der Waals surface area (Å²) in [6.07, 6.45) is 18.6. The number of hydrogen-bond donors (Lipinski definition) is 1. The van der Waals surface area contributed by atoms with Crippen LogP contribution in [0, 0.1) is 0 Å². The molecule has 2 aromatic rings. The van der Waals surface area contributed by atoms with Crippen LogP contribution in [0.15, 0.2) is 42.5 Å². The summed E-state index contributed by atoms with van der Waals surface area (Å²) in [5.74, 6) is 0. The number of benzene rings is 2. The third-order valence-corrected chi connectivity index (χ3v) is 7.43. The first-order valence-electron chi connectivity index (χ1n) is 13.1. The molecule has 3 rings (SSSR count). The topological polar surface area (TPSA) is 20.2 Å². The van der Waals surface area contributed by atoms with E-state index in [0.29, 0.717) is 0 Å². The monoisotopic (exact) mass is 418 g/mol. The van der Waals surface area contributed by atoms with Crippen LogP contribution in [-0.2, 0) is 5.41 Å². The van der Waals surface area contributed by atoms with E-state index in [2.05, 4.69) is 56.3 Å². The second kappa shape index (κ2) is 12.5. The highest BCUT2D eigenvalue weighted by Crippen LogP contribution is 2.53. The van der Waals surface area contributed by atoms with Crippen LogP contribution in [0.2, 0.25) is 0 Å². The Bertz CT molecular complexity index is 781. The summed E-state index contributed by atoms with van der Waals surface area (Å²) in [7, 11) is 0.133. The highest BCUT2D eigenvalue weighted by Gasteiger charge is 2.42. The lowest BCUT2D eigenvalue weighted by molar-refractivity contribution is 0.398. The van der Waals surface area contributed by atoms with E-state index >= 15 is 0 Å². The van der Waals surface area contributed by atoms with Crippen LogP contribution >= 0.6 is 0 Å². The Hall–Kier alpha value is -1.54. The molecule has 1 aliphatic rings. The zero-order chi connectivity index (χ0) is 21.9. The Kier molecular flexibility index (Phi) is 9.71. The van der Waals surface area contributed by atoms with Gasteiger partial charge in [-0.3, -0.25) is 0 Å². The molecule has 0 spiro atoms. The van der Waals surface area contributed by atoms with Crippen LogP contribution in [0.5, 0.6) is 0 Å². The van der Waals surface area contributed by atoms with Crippen LogP contribution in [0.1, 0.15) is 115 Å². The Morgan fingerprint density at radius 2 is 1.19 bits per heavy atom. The average molecular weight is 418 g/mol. The molecule has 0 radical (unpaired) electrons. The molecule has 0 bridgehead atoms. The van der Waals surface area contributed by atoms with Gasteiger partial charge in [-0.15, -0.1) is 0 Å². The van der Waals surface area contributed by atoms with Gasteiger partial charge in [-0.05, 0) is 35.1 Å². The molecule has 31 heavy (non-hydrogen) atoms. The lowest BCUT2D eigenvalue weighted by Gasteiger charge is -2.33. The van der Waals surface area contributed by atoms with Gasteiger partial charge in [0.15, 0.2) is 0 Å². The number of hydrogen-bond acceptors (Lipinski definition) is 1. The average Bonchev–Trinajstić information content (AvgIpc) is 3.08. The first kappa shape index (κ1) is 24.1. The molecule has 0 aliphatic heterocycles. The lowest BCUT2D eigenvalue weighted by Crippen LogP contribution is -2.27. The molecule has 0 saturated heterocycles. The molecule has 168 valence electrons. The Morgan fingerprint density at radius 3 is 1.81 bits per heavy atom. The van der Waals surface area contributed by atoms with Crippen molar-refractivity contribution in [3.05, 3.63) is 53.6 Å². The first-order chi connectivity index (χ1) is 15.3. The van der Waals surface area contributed by atoms with Crippen LogP contribution in [0.3, 0.4) is 0 Å². The van der Waals surface area contributed by atoms with Crippen molar-refractivity contribution in [2.75, 3.05) is 0 Å². The third-order valence-electron chi connectivity index (χ3n) is 7.43. The van der Waals surface area contributed by atoms with Crippen LogP contribution in [0.4, 0.5) is 0 Å². The predicted molar refractivity (Wildman–Crippen MR) is 138 cm³/mol. The van der Waals surface area contributed by atoms with Crippen molar-refractivity contribution in [2.24, 2.45) is 0 Å². The largest absolute Gasteiger partial charge is 0.449 e. The molecule has 0 fully saturated rings. The SMILES string of the molecule is CCCCCCCCC1(CCCCCCCC)c2ccccc2-c2ccc(BO)cc21. The smallest absolute Gasteiger partial charge is 0.304 e. The summed E-state index contributed by atoms with van der Waals surface area (Å²) >= 11 is 0. The molecule has 0 aromatic heterocycles. The summed E-state index contributed by atoms with van der Waals surface area (Å²) in [6, 6.07) is 15.8. The van der Waals surface area contributed by atoms with Gasteiger partial charge in [0, 0.05) is 5.41 Å². The molecule has 0 unspecified atom stereocenters. The molecule has 1 N–H and O–H groups in total. The maximum Gasteiger partial charge on any atom is 0.304 e. The molecule has 0 amide bonds. The zero-order valence-corrected chi connectivity index (χ0v) is 20.1. The molecule has 0 heterocycles. The maximum atomic E-state index is 9.85. The van der Waals surface area contributed by atoms with Crippen molar-refractivity contribution in [2.45, 2.75) is 109 Å². The van der Waals surface area contributed by atoms with Crippen LogP contribution < -0.4 is 5.46 Å². The van der Waals surface area contributed by atoms with Crippen molar-refractivity contribution in [3.8, 4) is 11.1 Å². The van der Waals surface area contributed by atoms with Gasteiger partial charge >= 0.3 is 7.48 Å². The molecule has 1 aliphatic carbocycles. The highest BCUT2D eigenvalue weighted by molar-refractivity contribution is 6.45. The molecule has 0 atom stereocenters. The quantitative estimate of drug-likeness (QED) is 0.236. The normalized spacial score (nSPS) is 13.8. The molecule has 0 saturated carbocycles. The fraction of sp³-hybridized carbons (Fsp3) is 0.586. The number of rotatable bonds is 15. The van der Waals surface area contributed by atoms with E-state index in [4.69, 9.17) is 0 Å². The van der Waals surface area contributed by atoms with Gasteiger partial charge in [0.05, 0.1) is 0 Å². The third kappa shape index (κ3) is 5.83. The second-order valence-corrected chi connectivity index (χ2v) is 9.70. The molecular formula is C29H43BO. The Labute approximate surface area is 192 Å². The highest BCUT2D eigenvalue weighted by atomic mass is 16.2. The van der Waals surface area contributed by atoms with E-state index in [9.17, 15) is 5.02 Å². The van der Waals surface area contributed by atoms with E-state index < -0.39 is 0 Å². The van der Waals surface area contributed by atoms with Crippen molar-refractivity contribution < 1.29 is 5.02 Å². The zero-order valence-electron chi connectivity index (χ0n) is 20.1. The minimum absolute atomic E-state index is 0.132. The summed E-state index contributed by atoms with van der Waals surface area (Å²) in [5.41, 5.74) is 7.06. The summed E-state index contributed by atoms with van der Waals surface area (Å²) in [4.78, 5) is 0. The van der Waals surface area contributed by atoms with Gasteiger partial charge in [0.25, 0.3) is 0 Å². The van der Waals surface area contributed by atoms with Gasteiger partial charge < -0.3 is 5.02 Å². The van der Waals surface area contributed by atoms with Gasteiger partial charge in [-0.2, -0.15) is 0 Å². The lowest BCUT2D eigenvalue weighted by atomic mass is 9.69. The fourth-order valence-electron chi connectivity index (χ4n) is 5.68. The first-order valence-corrected chi connectivity index (χ1v) is 13.1. The number of unbranched alkanes of at least 4 members (excludes halogenated alkanes) is 10. The van der Waals surface area contributed by atoms with Gasteiger partial charge in [0.2, 0.25) is 0 Å². The minimum Gasteiger partial charge on any atom is -0.449 e. The molecule has 2 heteroatoms. The van der Waals surface area contributed by atoms with E-state index in [1.165, 1.54) is 107 Å². The summed E-state index contributed by atoms with van der Waals surface area (Å²) < 4.78 is 0. The summed E-state index contributed by atoms with van der Waals surface area (Å²) in [5, 5.41) is 9.85. The summed E-state index contributed by atoms with van der Waals surface area (Å²) in [6.45, 7) is 4.58. The minimum atomic E-state index is 0.132. The van der Waals surface area contributed by atoms with Crippen molar-refractivity contribution >= 4 is 12.9 Å². The molecule has 1 nitrogen and oxygen atoms in total. The van der Waals surface area contributed by atoms with E-state index in [-0.39, 0.29) is 12.9 Å². The molecular weight excluding hydrogens is 375 g/mol. The number of fused-ring (bicyclic) bond motifs is 3. The van der Waals surface area contributed by atoms with E-state index in [1.807, 2.05) is 0 Å². The Balaban J connectivity index is 1.83. The van der Waals surface area contributed by atoms with Crippen molar-refractivity contribution in [1.29, 1.82) is 0 Å². The van der Waals surface area contributed by atoms with E-state index in [1.54, 1.807) is 5.56 Å². The maximum absolute atomic E-state index is 9.85. The van der Waals surface area contributed by atoms with E-state index in [0.717, 1.165) is 5.46 Å². The van der Waals surface area contributed by atoms with Crippen molar-refractivity contribution in [3.63, 3.8) is 0 Å².